The number of rotatable bonds is 6. The molecule has 0 amide bonds. The topological polar surface area (TPSA) is 86.5 Å². The lowest BCUT2D eigenvalue weighted by molar-refractivity contribution is 0.559. The maximum Gasteiger partial charge on any atom is 0.343 e. The minimum atomic E-state index is -0.239. The summed E-state index contributed by atoms with van der Waals surface area (Å²) in [4.78, 5) is 11.3. The number of hydrogen-bond donors (Lipinski definition) is 2. The lowest BCUT2D eigenvalue weighted by Crippen LogP contribution is -2.35. The summed E-state index contributed by atoms with van der Waals surface area (Å²) in [5.41, 5.74) is -0.208. The highest BCUT2D eigenvalue weighted by molar-refractivity contribution is 7.99. The largest absolute Gasteiger partial charge is 0.343 e. The molecule has 0 aliphatic carbocycles. The van der Waals surface area contributed by atoms with Gasteiger partial charge in [0, 0.05) is 18.3 Å². The first-order valence-corrected chi connectivity index (χ1v) is 6.50. The Labute approximate surface area is 104 Å². The Morgan fingerprint density at radius 1 is 1.65 bits per heavy atom. The molecule has 1 aromatic heterocycles. The molecule has 0 aromatic carbocycles. The average molecular weight is 255 g/mol. The lowest BCUT2D eigenvalue weighted by atomic mass is 10.3. The van der Waals surface area contributed by atoms with Crippen LogP contribution in [0.4, 0.5) is 0 Å². The van der Waals surface area contributed by atoms with E-state index in [4.69, 9.17) is 5.26 Å². The van der Waals surface area contributed by atoms with E-state index in [1.165, 1.54) is 11.8 Å². The third kappa shape index (κ3) is 3.91. The number of nitriles is 1. The van der Waals surface area contributed by atoms with E-state index in [0.717, 1.165) is 0 Å². The fourth-order valence-corrected chi connectivity index (χ4v) is 2.34. The molecule has 6 nitrogen and oxygen atoms in total. The van der Waals surface area contributed by atoms with Gasteiger partial charge in [-0.3, -0.25) is 9.88 Å². The molecule has 94 valence electrons. The van der Waals surface area contributed by atoms with Gasteiger partial charge < -0.3 is 0 Å². The van der Waals surface area contributed by atoms with Crippen LogP contribution in [0, 0.1) is 11.3 Å². The predicted molar refractivity (Wildman–Crippen MR) is 66.9 cm³/mol. The Hall–Kier alpha value is -1.26. The number of hydrogen-bond acceptors (Lipinski definition) is 5. The first-order chi connectivity index (χ1) is 8.08. The molecular formula is C10H17N5OS. The fraction of sp³-hybridized carbons (Fsp3) is 0.700. The van der Waals surface area contributed by atoms with Gasteiger partial charge in [-0.1, -0.05) is 11.8 Å². The summed E-state index contributed by atoms with van der Waals surface area (Å²) in [7, 11) is 0. The van der Waals surface area contributed by atoms with Crippen molar-refractivity contribution >= 4 is 11.8 Å². The van der Waals surface area contributed by atoms with Crippen LogP contribution >= 0.6 is 11.8 Å². The lowest BCUT2D eigenvalue weighted by Gasteiger charge is -2.13. The van der Waals surface area contributed by atoms with Crippen LogP contribution in [0.15, 0.2) is 9.95 Å². The van der Waals surface area contributed by atoms with E-state index >= 15 is 0 Å². The number of aromatic amines is 1. The van der Waals surface area contributed by atoms with Crippen molar-refractivity contribution in [3.63, 3.8) is 0 Å². The molecule has 0 radical (unpaired) electrons. The van der Waals surface area contributed by atoms with Crippen LogP contribution < -0.4 is 11.0 Å². The highest BCUT2D eigenvalue weighted by atomic mass is 32.2. The van der Waals surface area contributed by atoms with Gasteiger partial charge >= 0.3 is 5.69 Å². The number of aromatic nitrogens is 3. The first-order valence-electron chi connectivity index (χ1n) is 5.52. The Kier molecular flexibility index (Phi) is 5.25. The van der Waals surface area contributed by atoms with Crippen molar-refractivity contribution < 1.29 is 0 Å². The van der Waals surface area contributed by atoms with Crippen molar-refractivity contribution in [3.05, 3.63) is 10.5 Å². The van der Waals surface area contributed by atoms with Crippen LogP contribution in [0.1, 0.15) is 20.8 Å². The van der Waals surface area contributed by atoms with E-state index in [-0.39, 0.29) is 17.8 Å². The summed E-state index contributed by atoms with van der Waals surface area (Å²) >= 11 is 1.40. The molecule has 2 N–H and O–H groups in total. The monoisotopic (exact) mass is 255 g/mol. The molecule has 0 aliphatic heterocycles. The van der Waals surface area contributed by atoms with Gasteiger partial charge in [-0.05, 0) is 20.8 Å². The van der Waals surface area contributed by atoms with Crippen molar-refractivity contribution in [2.24, 2.45) is 0 Å². The van der Waals surface area contributed by atoms with Crippen molar-refractivity contribution in [1.82, 2.24) is 20.1 Å². The molecular weight excluding hydrogens is 238 g/mol. The Morgan fingerprint density at radius 3 is 2.88 bits per heavy atom. The van der Waals surface area contributed by atoms with Gasteiger partial charge in [-0.25, -0.2) is 9.89 Å². The van der Waals surface area contributed by atoms with Crippen LogP contribution in [-0.2, 0) is 6.54 Å². The van der Waals surface area contributed by atoms with E-state index in [9.17, 15) is 4.79 Å². The zero-order valence-electron chi connectivity index (χ0n) is 10.2. The molecule has 0 bridgehead atoms. The number of thioether (sulfide) groups is 1. The van der Waals surface area contributed by atoms with Gasteiger partial charge in [0.2, 0.25) is 0 Å². The van der Waals surface area contributed by atoms with Gasteiger partial charge in [0.1, 0.15) is 6.04 Å². The van der Waals surface area contributed by atoms with Crippen molar-refractivity contribution in [1.29, 1.82) is 5.26 Å². The molecule has 1 aromatic rings. The van der Waals surface area contributed by atoms with Gasteiger partial charge in [-0.15, -0.1) is 5.10 Å². The Balaban J connectivity index is 2.60. The standard InChI is InChI=1S/C10H17N5OS/c1-4-15-9(16)13-14-10(15)17-6-8(5-11)12-7(2)3/h7-8,12H,4,6H2,1-3H3,(H,13,16). The molecule has 1 atom stereocenters. The van der Waals surface area contributed by atoms with Crippen molar-refractivity contribution in [2.75, 3.05) is 5.75 Å². The van der Waals surface area contributed by atoms with Crippen LogP contribution in [0.3, 0.4) is 0 Å². The Morgan fingerprint density at radius 2 is 2.35 bits per heavy atom. The van der Waals surface area contributed by atoms with E-state index < -0.39 is 0 Å². The number of nitrogens with one attached hydrogen (secondary N) is 2. The summed E-state index contributed by atoms with van der Waals surface area (Å²) in [5, 5.41) is 19.1. The third-order valence-corrected chi connectivity index (χ3v) is 3.18. The SMILES string of the molecule is CCn1c(SCC(C#N)NC(C)C)n[nH]c1=O. The molecule has 7 heteroatoms. The molecule has 0 saturated heterocycles. The zero-order chi connectivity index (χ0) is 12.8. The smallest absolute Gasteiger partial charge is 0.299 e. The summed E-state index contributed by atoms with van der Waals surface area (Å²) in [5.74, 6) is 0.568. The molecule has 0 saturated carbocycles. The Bertz CT molecular complexity index is 444. The van der Waals surface area contributed by atoms with Crippen molar-refractivity contribution in [2.45, 2.75) is 44.6 Å². The summed E-state index contributed by atoms with van der Waals surface area (Å²) < 4.78 is 1.55. The average Bonchev–Trinajstić information content (AvgIpc) is 2.64. The fourth-order valence-electron chi connectivity index (χ4n) is 1.38. The van der Waals surface area contributed by atoms with Crippen LogP contribution in [0.5, 0.6) is 0 Å². The van der Waals surface area contributed by atoms with E-state index in [1.807, 2.05) is 20.8 Å². The van der Waals surface area contributed by atoms with Crippen molar-refractivity contribution in [3.8, 4) is 6.07 Å². The predicted octanol–water partition coefficient (Wildman–Crippen LogP) is 0.574. The van der Waals surface area contributed by atoms with E-state index in [2.05, 4.69) is 21.6 Å². The number of H-pyrrole nitrogens is 1. The van der Waals surface area contributed by atoms with E-state index in [0.29, 0.717) is 17.5 Å². The highest BCUT2D eigenvalue weighted by Crippen LogP contribution is 2.14. The normalized spacial score (nSPS) is 12.6. The summed E-state index contributed by atoms with van der Waals surface area (Å²) in [6.45, 7) is 6.44. The van der Waals surface area contributed by atoms with Gasteiger partial charge in [0.15, 0.2) is 5.16 Å². The summed E-state index contributed by atoms with van der Waals surface area (Å²) in [6.07, 6.45) is 0. The molecule has 1 unspecified atom stereocenters. The minimum absolute atomic E-state index is 0.208. The second kappa shape index (κ2) is 6.47. The first kappa shape index (κ1) is 13.8. The van der Waals surface area contributed by atoms with Gasteiger partial charge in [-0.2, -0.15) is 5.26 Å². The highest BCUT2D eigenvalue weighted by Gasteiger charge is 2.12. The molecule has 1 heterocycles. The van der Waals surface area contributed by atoms with Crippen LogP contribution in [0.25, 0.3) is 0 Å². The maximum atomic E-state index is 11.3. The number of nitrogens with zero attached hydrogens (tertiary/aromatic N) is 3. The second-order valence-electron chi connectivity index (χ2n) is 3.87. The maximum absolute atomic E-state index is 11.3. The molecule has 1 rings (SSSR count). The molecule has 0 fully saturated rings. The van der Waals surface area contributed by atoms with Gasteiger partial charge in [0.25, 0.3) is 0 Å². The summed E-state index contributed by atoms with van der Waals surface area (Å²) in [6, 6.07) is 2.21. The quantitative estimate of drug-likeness (QED) is 0.726. The van der Waals surface area contributed by atoms with Crippen LogP contribution in [-0.4, -0.2) is 32.6 Å². The second-order valence-corrected chi connectivity index (χ2v) is 4.86. The van der Waals surface area contributed by atoms with E-state index in [1.54, 1.807) is 4.57 Å². The third-order valence-electron chi connectivity index (χ3n) is 2.11. The zero-order valence-corrected chi connectivity index (χ0v) is 11.0. The molecule has 0 aliphatic rings. The minimum Gasteiger partial charge on any atom is -0.299 e. The van der Waals surface area contributed by atoms with Gasteiger partial charge in [0.05, 0.1) is 6.07 Å². The molecule has 0 spiro atoms. The molecule has 17 heavy (non-hydrogen) atoms. The van der Waals surface area contributed by atoms with Crippen LogP contribution in [0.2, 0.25) is 0 Å².